The van der Waals surface area contributed by atoms with Crippen LogP contribution in [0.3, 0.4) is 0 Å². The molecule has 1 heterocycles. The number of benzene rings is 1. The average molecular weight is 257 g/mol. The second kappa shape index (κ2) is 6.29. The van der Waals surface area contributed by atoms with E-state index in [0.29, 0.717) is 12.8 Å². The Morgan fingerprint density at radius 3 is 2.79 bits per heavy atom. The predicted octanol–water partition coefficient (Wildman–Crippen LogP) is 1.58. The molecule has 1 atom stereocenters. The number of Topliss-reactive ketones (excluding diaryl/α,β-unsaturated/α-hetero) is 1. The van der Waals surface area contributed by atoms with Crippen molar-refractivity contribution in [2.45, 2.75) is 32.4 Å². The van der Waals surface area contributed by atoms with Gasteiger partial charge < -0.3 is 10.3 Å². The maximum Gasteiger partial charge on any atom is 0.157 e. The van der Waals surface area contributed by atoms with E-state index in [2.05, 4.69) is 4.98 Å². The van der Waals surface area contributed by atoms with Crippen molar-refractivity contribution in [3.05, 3.63) is 54.1 Å². The summed E-state index contributed by atoms with van der Waals surface area (Å²) in [4.78, 5) is 16.3. The number of carbonyl (C=O) groups is 1. The number of carbonyl (C=O) groups excluding carboxylic acids is 1. The van der Waals surface area contributed by atoms with Crippen LogP contribution in [0.15, 0.2) is 42.7 Å². The molecule has 1 unspecified atom stereocenters. The zero-order valence-electron chi connectivity index (χ0n) is 11.1. The zero-order chi connectivity index (χ0) is 13.7. The van der Waals surface area contributed by atoms with Gasteiger partial charge in [0.05, 0.1) is 12.5 Å². The molecule has 19 heavy (non-hydrogen) atoms. The molecule has 2 rings (SSSR count). The Kier molecular flexibility index (Phi) is 4.47. The Balaban J connectivity index is 1.96. The lowest BCUT2D eigenvalue weighted by Gasteiger charge is -2.11. The quantitative estimate of drug-likeness (QED) is 0.854. The van der Waals surface area contributed by atoms with Crippen molar-refractivity contribution in [2.75, 3.05) is 0 Å². The van der Waals surface area contributed by atoms with Gasteiger partial charge in [0.15, 0.2) is 5.78 Å². The topological polar surface area (TPSA) is 60.9 Å². The third kappa shape index (κ3) is 3.51. The van der Waals surface area contributed by atoms with Gasteiger partial charge in [0.25, 0.3) is 0 Å². The van der Waals surface area contributed by atoms with Crippen molar-refractivity contribution < 1.29 is 4.79 Å². The molecule has 0 spiro atoms. The first kappa shape index (κ1) is 13.5. The number of rotatable bonds is 6. The summed E-state index contributed by atoms with van der Waals surface area (Å²) in [6.07, 6.45) is 4.47. The summed E-state index contributed by atoms with van der Waals surface area (Å²) in [5, 5.41) is 0. The molecule has 2 N–H and O–H groups in total. The van der Waals surface area contributed by atoms with Crippen molar-refractivity contribution in [1.82, 2.24) is 9.55 Å². The Hall–Kier alpha value is -1.94. The minimum absolute atomic E-state index is 0.0322. The molecule has 100 valence electrons. The van der Waals surface area contributed by atoms with Gasteiger partial charge in [-0.3, -0.25) is 4.79 Å². The van der Waals surface area contributed by atoms with Crippen molar-refractivity contribution in [1.29, 1.82) is 0 Å². The summed E-state index contributed by atoms with van der Waals surface area (Å²) < 4.78 is 1.97. The molecule has 1 aromatic carbocycles. The summed E-state index contributed by atoms with van der Waals surface area (Å²) in [6.45, 7) is 2.84. The highest BCUT2D eigenvalue weighted by Gasteiger charge is 2.16. The number of aryl methyl sites for hydroxylation is 1. The normalized spacial score (nSPS) is 12.3. The molecule has 0 saturated carbocycles. The largest absolute Gasteiger partial charge is 0.335 e. The summed E-state index contributed by atoms with van der Waals surface area (Å²) in [5.41, 5.74) is 7.06. The molecule has 4 heteroatoms. The third-order valence-corrected chi connectivity index (χ3v) is 3.19. The number of nitrogens with zero attached hydrogens (tertiary/aromatic N) is 2. The highest BCUT2D eigenvalue weighted by Crippen LogP contribution is 2.06. The summed E-state index contributed by atoms with van der Waals surface area (Å²) in [6, 6.07) is 9.37. The molecule has 4 nitrogen and oxygen atoms in total. The predicted molar refractivity (Wildman–Crippen MR) is 74.7 cm³/mol. The maximum absolute atomic E-state index is 12.1. The van der Waals surface area contributed by atoms with E-state index in [-0.39, 0.29) is 5.78 Å². The lowest BCUT2D eigenvalue weighted by Crippen LogP contribution is -2.34. The van der Waals surface area contributed by atoms with Crippen LogP contribution in [-0.4, -0.2) is 21.4 Å². The van der Waals surface area contributed by atoms with E-state index in [1.54, 1.807) is 6.20 Å². The molecular weight excluding hydrogens is 238 g/mol. The van der Waals surface area contributed by atoms with Crippen LogP contribution >= 0.6 is 0 Å². The molecule has 0 aliphatic carbocycles. The Morgan fingerprint density at radius 2 is 2.11 bits per heavy atom. The van der Waals surface area contributed by atoms with Gasteiger partial charge in [0, 0.05) is 18.9 Å². The average Bonchev–Trinajstić information content (AvgIpc) is 2.87. The second-order valence-electron chi connectivity index (χ2n) is 4.57. The first-order valence-electron chi connectivity index (χ1n) is 6.53. The monoisotopic (exact) mass is 257 g/mol. The van der Waals surface area contributed by atoms with Crippen LogP contribution in [0.2, 0.25) is 0 Å². The molecule has 0 amide bonds. The molecule has 2 aromatic rings. The molecule has 0 aliphatic rings. The van der Waals surface area contributed by atoms with Gasteiger partial charge in [-0.15, -0.1) is 0 Å². The molecule has 0 bridgehead atoms. The summed E-state index contributed by atoms with van der Waals surface area (Å²) in [7, 11) is 0. The van der Waals surface area contributed by atoms with Crippen LogP contribution in [0, 0.1) is 0 Å². The number of imidazole rings is 1. The second-order valence-corrected chi connectivity index (χ2v) is 4.57. The van der Waals surface area contributed by atoms with Crippen LogP contribution in [-0.2, 0) is 24.2 Å². The molecule has 0 radical (unpaired) electrons. The van der Waals surface area contributed by atoms with Gasteiger partial charge in [-0.1, -0.05) is 30.3 Å². The molecule has 0 saturated heterocycles. The number of hydrogen-bond acceptors (Lipinski definition) is 3. The van der Waals surface area contributed by atoms with E-state index >= 15 is 0 Å². The zero-order valence-corrected chi connectivity index (χ0v) is 11.1. The van der Waals surface area contributed by atoms with Crippen molar-refractivity contribution >= 4 is 5.78 Å². The smallest absolute Gasteiger partial charge is 0.157 e. The van der Waals surface area contributed by atoms with Crippen LogP contribution in [0.25, 0.3) is 0 Å². The molecular formula is C15H19N3O. The first-order chi connectivity index (χ1) is 9.20. The Morgan fingerprint density at radius 1 is 1.37 bits per heavy atom. The lowest BCUT2D eigenvalue weighted by atomic mass is 10.0. The number of ketones is 1. The Bertz CT molecular complexity index is 533. The van der Waals surface area contributed by atoms with E-state index < -0.39 is 6.04 Å². The standard InChI is InChI=1S/C15H19N3O/c1-2-18-9-8-17-15(18)11-14(19)13(16)10-12-6-4-3-5-7-12/h3-9,13H,2,10-11,16H2,1H3. The SMILES string of the molecule is CCn1ccnc1CC(=O)C(N)Cc1ccccc1. The van der Waals surface area contributed by atoms with Crippen LogP contribution in [0.1, 0.15) is 18.3 Å². The van der Waals surface area contributed by atoms with E-state index in [4.69, 9.17) is 5.73 Å². The summed E-state index contributed by atoms with van der Waals surface area (Å²) >= 11 is 0. The van der Waals surface area contributed by atoms with E-state index in [1.165, 1.54) is 0 Å². The maximum atomic E-state index is 12.1. The summed E-state index contributed by atoms with van der Waals surface area (Å²) in [5.74, 6) is 0.820. The molecule has 0 aliphatic heterocycles. The van der Waals surface area contributed by atoms with E-state index in [1.807, 2.05) is 48.0 Å². The van der Waals surface area contributed by atoms with Gasteiger partial charge in [-0.2, -0.15) is 0 Å². The number of hydrogen-bond donors (Lipinski definition) is 1. The fraction of sp³-hybridized carbons (Fsp3) is 0.333. The molecule has 1 aromatic heterocycles. The lowest BCUT2D eigenvalue weighted by molar-refractivity contribution is -0.119. The van der Waals surface area contributed by atoms with E-state index in [9.17, 15) is 4.79 Å². The minimum atomic E-state index is -0.468. The number of aromatic nitrogens is 2. The molecule has 0 fully saturated rings. The number of nitrogens with two attached hydrogens (primary N) is 1. The van der Waals surface area contributed by atoms with E-state index in [0.717, 1.165) is 17.9 Å². The van der Waals surface area contributed by atoms with Crippen LogP contribution in [0.5, 0.6) is 0 Å². The van der Waals surface area contributed by atoms with Crippen molar-refractivity contribution in [3.8, 4) is 0 Å². The van der Waals surface area contributed by atoms with Gasteiger partial charge in [-0.25, -0.2) is 4.98 Å². The van der Waals surface area contributed by atoms with Crippen molar-refractivity contribution in [3.63, 3.8) is 0 Å². The van der Waals surface area contributed by atoms with Gasteiger partial charge >= 0.3 is 0 Å². The Labute approximate surface area is 113 Å². The van der Waals surface area contributed by atoms with Gasteiger partial charge in [-0.05, 0) is 18.9 Å². The van der Waals surface area contributed by atoms with Gasteiger partial charge in [0.2, 0.25) is 0 Å². The first-order valence-corrected chi connectivity index (χ1v) is 6.53. The van der Waals surface area contributed by atoms with Crippen molar-refractivity contribution in [2.24, 2.45) is 5.73 Å². The minimum Gasteiger partial charge on any atom is -0.335 e. The fourth-order valence-electron chi connectivity index (χ4n) is 2.06. The van der Waals surface area contributed by atoms with Gasteiger partial charge in [0.1, 0.15) is 5.82 Å². The fourth-order valence-corrected chi connectivity index (χ4v) is 2.06. The highest BCUT2D eigenvalue weighted by atomic mass is 16.1. The third-order valence-electron chi connectivity index (χ3n) is 3.19. The van der Waals surface area contributed by atoms with Crippen LogP contribution < -0.4 is 5.73 Å². The van der Waals surface area contributed by atoms with Crippen LogP contribution in [0.4, 0.5) is 0 Å². The highest BCUT2D eigenvalue weighted by molar-refractivity contribution is 5.85.